The molecule has 0 aromatic heterocycles. The first-order chi connectivity index (χ1) is 12.1. The summed E-state index contributed by atoms with van der Waals surface area (Å²) in [5.74, 6) is -0.371. The number of hydrogen-bond acceptors (Lipinski definition) is 3. The van der Waals surface area contributed by atoms with Crippen molar-refractivity contribution in [1.29, 1.82) is 0 Å². The molecule has 1 heterocycles. The van der Waals surface area contributed by atoms with Gasteiger partial charge in [-0.15, -0.1) is 0 Å². The van der Waals surface area contributed by atoms with Crippen LogP contribution in [0.25, 0.3) is 0 Å². The molecule has 2 aromatic carbocycles. The van der Waals surface area contributed by atoms with Gasteiger partial charge < -0.3 is 4.74 Å². The number of ether oxygens (including phenoxy) is 1. The Morgan fingerprint density at radius 3 is 2.36 bits per heavy atom. The number of nitrogens with zero attached hydrogens (tertiary/aromatic N) is 1. The number of carbonyl (C=O) groups is 2. The van der Waals surface area contributed by atoms with Crippen molar-refractivity contribution < 1.29 is 14.3 Å². The second-order valence-corrected chi connectivity index (χ2v) is 6.22. The van der Waals surface area contributed by atoms with E-state index in [0.717, 1.165) is 22.4 Å². The van der Waals surface area contributed by atoms with Crippen molar-refractivity contribution in [2.45, 2.75) is 33.3 Å². The fourth-order valence-electron chi connectivity index (χ4n) is 3.00. The molecular weight excluding hydrogens is 314 g/mol. The lowest BCUT2D eigenvalue weighted by molar-refractivity contribution is -0.140. The first-order valence-corrected chi connectivity index (χ1v) is 8.36. The maximum Gasteiger partial charge on any atom is 0.335 e. The minimum Gasteiger partial charge on any atom is -0.457 e. The summed E-state index contributed by atoms with van der Waals surface area (Å²) >= 11 is 0. The van der Waals surface area contributed by atoms with Crippen LogP contribution in [-0.2, 0) is 20.9 Å². The van der Waals surface area contributed by atoms with Gasteiger partial charge in [-0.3, -0.25) is 9.69 Å². The molecular formula is C21H21NO3. The quantitative estimate of drug-likeness (QED) is 0.792. The topological polar surface area (TPSA) is 46.6 Å². The highest BCUT2D eigenvalue weighted by molar-refractivity contribution is 6.02. The molecule has 4 heteroatoms. The lowest BCUT2D eigenvalue weighted by Crippen LogP contribution is -2.31. The van der Waals surface area contributed by atoms with Crippen LogP contribution in [0.2, 0.25) is 0 Å². The summed E-state index contributed by atoms with van der Waals surface area (Å²) < 4.78 is 5.40. The second-order valence-electron chi connectivity index (χ2n) is 6.22. The molecule has 0 aliphatic carbocycles. The van der Waals surface area contributed by atoms with Crippen LogP contribution in [0.3, 0.4) is 0 Å². The van der Waals surface area contributed by atoms with Crippen molar-refractivity contribution in [3.63, 3.8) is 0 Å². The SMILES string of the molecule is Cc1cccc(C)c1N1C=C(C(=O)OCc2ccccc2)CCC1=O. The van der Waals surface area contributed by atoms with E-state index in [9.17, 15) is 9.59 Å². The molecule has 0 unspecified atom stereocenters. The summed E-state index contributed by atoms with van der Waals surface area (Å²) in [4.78, 5) is 26.4. The Bertz CT molecular complexity index is 804. The number of aryl methyl sites for hydroxylation is 2. The van der Waals surface area contributed by atoms with Crippen LogP contribution >= 0.6 is 0 Å². The third-order valence-electron chi connectivity index (χ3n) is 4.32. The van der Waals surface area contributed by atoms with E-state index in [1.807, 2.05) is 62.4 Å². The number of benzene rings is 2. The Balaban J connectivity index is 1.80. The van der Waals surface area contributed by atoms with Crippen molar-refractivity contribution in [2.75, 3.05) is 4.90 Å². The van der Waals surface area contributed by atoms with Crippen LogP contribution < -0.4 is 4.90 Å². The smallest absolute Gasteiger partial charge is 0.335 e. The molecule has 1 aliphatic rings. The van der Waals surface area contributed by atoms with Gasteiger partial charge in [0.25, 0.3) is 0 Å². The molecule has 25 heavy (non-hydrogen) atoms. The summed E-state index contributed by atoms with van der Waals surface area (Å²) in [6.07, 6.45) is 2.35. The largest absolute Gasteiger partial charge is 0.457 e. The lowest BCUT2D eigenvalue weighted by Gasteiger charge is -2.27. The zero-order valence-corrected chi connectivity index (χ0v) is 14.5. The van der Waals surface area contributed by atoms with Crippen LogP contribution in [0.15, 0.2) is 60.3 Å². The zero-order valence-electron chi connectivity index (χ0n) is 14.5. The van der Waals surface area contributed by atoms with Crippen molar-refractivity contribution in [3.05, 3.63) is 77.0 Å². The van der Waals surface area contributed by atoms with Crippen molar-refractivity contribution in [2.24, 2.45) is 0 Å². The minimum absolute atomic E-state index is 0.00277. The molecule has 0 spiro atoms. The molecule has 0 bridgehead atoms. The fourth-order valence-corrected chi connectivity index (χ4v) is 3.00. The molecule has 3 rings (SSSR count). The number of rotatable bonds is 4. The third kappa shape index (κ3) is 3.79. The van der Waals surface area contributed by atoms with Crippen LogP contribution in [0.1, 0.15) is 29.5 Å². The monoisotopic (exact) mass is 335 g/mol. The number of anilines is 1. The second kappa shape index (κ2) is 7.34. The normalized spacial score (nSPS) is 14.2. The summed E-state index contributed by atoms with van der Waals surface area (Å²) in [7, 11) is 0. The standard InChI is InChI=1S/C21H21NO3/c1-15-7-6-8-16(2)20(15)22-13-18(11-12-19(22)23)21(24)25-14-17-9-4-3-5-10-17/h3-10,13H,11-12,14H2,1-2H3. The van der Waals surface area contributed by atoms with Gasteiger partial charge in [0.15, 0.2) is 0 Å². The van der Waals surface area contributed by atoms with Gasteiger partial charge in [-0.25, -0.2) is 4.79 Å². The molecule has 1 aliphatic heterocycles. The highest BCUT2D eigenvalue weighted by Crippen LogP contribution is 2.29. The number of hydrogen-bond donors (Lipinski definition) is 0. The first-order valence-electron chi connectivity index (χ1n) is 8.36. The molecule has 0 N–H and O–H groups in total. The Kier molecular flexibility index (Phi) is 4.98. The Morgan fingerprint density at radius 2 is 1.68 bits per heavy atom. The van der Waals surface area contributed by atoms with E-state index in [-0.39, 0.29) is 18.5 Å². The van der Waals surface area contributed by atoms with Crippen LogP contribution in [0.5, 0.6) is 0 Å². The van der Waals surface area contributed by atoms with E-state index < -0.39 is 0 Å². The summed E-state index contributed by atoms with van der Waals surface area (Å²) in [5.41, 5.74) is 4.32. The summed E-state index contributed by atoms with van der Waals surface area (Å²) in [5, 5.41) is 0. The number of para-hydroxylation sites is 1. The molecule has 0 atom stereocenters. The zero-order chi connectivity index (χ0) is 17.8. The minimum atomic E-state index is -0.368. The van der Waals surface area contributed by atoms with E-state index in [1.54, 1.807) is 11.1 Å². The maximum atomic E-state index is 12.4. The van der Waals surface area contributed by atoms with E-state index in [2.05, 4.69) is 0 Å². The highest BCUT2D eigenvalue weighted by atomic mass is 16.5. The average molecular weight is 335 g/mol. The Morgan fingerprint density at radius 1 is 1.00 bits per heavy atom. The summed E-state index contributed by atoms with van der Waals surface area (Å²) in [6.45, 7) is 4.16. The van der Waals surface area contributed by atoms with Gasteiger partial charge in [0.2, 0.25) is 5.91 Å². The van der Waals surface area contributed by atoms with E-state index in [0.29, 0.717) is 18.4 Å². The van der Waals surface area contributed by atoms with E-state index in [4.69, 9.17) is 4.74 Å². The third-order valence-corrected chi connectivity index (χ3v) is 4.32. The molecule has 0 saturated heterocycles. The van der Waals surface area contributed by atoms with Gasteiger partial charge in [0.05, 0.1) is 11.3 Å². The Hall–Kier alpha value is -2.88. The van der Waals surface area contributed by atoms with E-state index >= 15 is 0 Å². The predicted octanol–water partition coefficient (Wildman–Crippen LogP) is 4.06. The average Bonchev–Trinajstić information content (AvgIpc) is 2.62. The lowest BCUT2D eigenvalue weighted by atomic mass is 10.0. The molecule has 4 nitrogen and oxygen atoms in total. The van der Waals surface area contributed by atoms with Gasteiger partial charge in [-0.05, 0) is 37.0 Å². The van der Waals surface area contributed by atoms with Crippen LogP contribution in [-0.4, -0.2) is 11.9 Å². The highest BCUT2D eigenvalue weighted by Gasteiger charge is 2.26. The number of esters is 1. The van der Waals surface area contributed by atoms with Gasteiger partial charge in [0, 0.05) is 12.6 Å². The fraction of sp³-hybridized carbons (Fsp3) is 0.238. The maximum absolute atomic E-state index is 12.4. The summed E-state index contributed by atoms with van der Waals surface area (Å²) in [6, 6.07) is 15.4. The number of carbonyl (C=O) groups excluding carboxylic acids is 2. The van der Waals surface area contributed by atoms with Gasteiger partial charge in [0.1, 0.15) is 6.61 Å². The van der Waals surface area contributed by atoms with Gasteiger partial charge in [-0.2, -0.15) is 0 Å². The first kappa shape index (κ1) is 17.0. The molecule has 0 radical (unpaired) electrons. The molecule has 128 valence electrons. The van der Waals surface area contributed by atoms with Crippen molar-refractivity contribution >= 4 is 17.6 Å². The molecule has 0 fully saturated rings. The number of amides is 1. The van der Waals surface area contributed by atoms with Gasteiger partial charge >= 0.3 is 5.97 Å². The van der Waals surface area contributed by atoms with Crippen LogP contribution in [0, 0.1) is 13.8 Å². The van der Waals surface area contributed by atoms with Crippen LogP contribution in [0.4, 0.5) is 5.69 Å². The van der Waals surface area contributed by atoms with Crippen molar-refractivity contribution in [1.82, 2.24) is 0 Å². The Labute approximate surface area is 147 Å². The van der Waals surface area contributed by atoms with E-state index in [1.165, 1.54) is 0 Å². The van der Waals surface area contributed by atoms with Gasteiger partial charge in [-0.1, -0.05) is 48.5 Å². The molecule has 0 saturated carbocycles. The molecule has 1 amide bonds. The van der Waals surface area contributed by atoms with Crippen molar-refractivity contribution in [3.8, 4) is 0 Å². The molecule has 2 aromatic rings. The predicted molar refractivity (Wildman–Crippen MR) is 97.0 cm³/mol.